The molecular weight excluding hydrogens is 240 g/mol. The molecule has 1 aromatic rings. The summed E-state index contributed by atoms with van der Waals surface area (Å²) in [7, 11) is -1.69. The molecule has 5 nitrogen and oxygen atoms in total. The molecule has 1 aliphatic heterocycles. The van der Waals surface area contributed by atoms with Gasteiger partial charge in [-0.15, -0.1) is 0 Å². The quantitative estimate of drug-likeness (QED) is 0.762. The van der Waals surface area contributed by atoms with Gasteiger partial charge in [0.05, 0.1) is 10.6 Å². The average molecular weight is 254 g/mol. The van der Waals surface area contributed by atoms with Crippen molar-refractivity contribution in [2.75, 3.05) is 12.8 Å². The molecule has 2 rings (SSSR count). The minimum Gasteiger partial charge on any atom is -0.368 e. The zero-order valence-electron chi connectivity index (χ0n) is 9.43. The second kappa shape index (κ2) is 3.82. The van der Waals surface area contributed by atoms with E-state index >= 15 is 0 Å². The number of nitrogens with two attached hydrogens (primary N) is 1. The van der Waals surface area contributed by atoms with E-state index < -0.39 is 21.3 Å². The van der Waals surface area contributed by atoms with E-state index in [1.807, 2.05) is 0 Å². The number of amides is 1. The number of likely N-dealkylation sites (N-methyl/N-ethyl adjacent to an activating group) is 1. The molecule has 1 heterocycles. The zero-order chi connectivity index (χ0) is 12.7. The van der Waals surface area contributed by atoms with Crippen LogP contribution >= 0.6 is 0 Å². The van der Waals surface area contributed by atoms with E-state index in [0.29, 0.717) is 5.56 Å². The van der Waals surface area contributed by atoms with Crippen LogP contribution in [0.3, 0.4) is 0 Å². The Labute approximate surface area is 99.9 Å². The van der Waals surface area contributed by atoms with Crippen LogP contribution in [0.15, 0.2) is 29.2 Å². The van der Waals surface area contributed by atoms with Crippen molar-refractivity contribution in [3.63, 3.8) is 0 Å². The van der Waals surface area contributed by atoms with Crippen molar-refractivity contribution < 1.29 is 13.2 Å². The fourth-order valence-electron chi connectivity index (χ4n) is 2.26. The maximum Gasteiger partial charge on any atom is 0.242 e. The first-order valence-electron chi connectivity index (χ1n) is 5.25. The number of nitrogens with one attached hydrogen (secondary N) is 1. The largest absolute Gasteiger partial charge is 0.368 e. The minimum absolute atomic E-state index is 0.0756. The molecule has 1 amide bonds. The van der Waals surface area contributed by atoms with Crippen molar-refractivity contribution in [3.8, 4) is 0 Å². The van der Waals surface area contributed by atoms with Gasteiger partial charge in [0.25, 0.3) is 0 Å². The van der Waals surface area contributed by atoms with Gasteiger partial charge in [-0.3, -0.25) is 4.79 Å². The second-order valence-electron chi connectivity index (χ2n) is 4.08. The first-order chi connectivity index (χ1) is 7.94. The maximum absolute atomic E-state index is 11.9. The van der Waals surface area contributed by atoms with Crippen molar-refractivity contribution in [1.29, 1.82) is 0 Å². The zero-order valence-corrected chi connectivity index (χ0v) is 10.3. The maximum atomic E-state index is 11.9. The second-order valence-corrected chi connectivity index (χ2v) is 6.16. The first-order valence-corrected chi connectivity index (χ1v) is 6.90. The van der Waals surface area contributed by atoms with Crippen LogP contribution in [0.25, 0.3) is 0 Å². The van der Waals surface area contributed by atoms with Crippen LogP contribution in [0.1, 0.15) is 12.0 Å². The van der Waals surface area contributed by atoms with Gasteiger partial charge in [-0.25, -0.2) is 8.42 Å². The van der Waals surface area contributed by atoms with E-state index in [4.69, 9.17) is 5.73 Å². The number of benzene rings is 1. The fourth-order valence-corrected chi connectivity index (χ4v) is 3.92. The molecule has 3 N–H and O–H groups in total. The van der Waals surface area contributed by atoms with Gasteiger partial charge in [0, 0.05) is 5.56 Å². The summed E-state index contributed by atoms with van der Waals surface area (Å²) in [6, 6.07) is 6.49. The summed E-state index contributed by atoms with van der Waals surface area (Å²) in [4.78, 5) is 11.8. The first kappa shape index (κ1) is 12.1. The van der Waals surface area contributed by atoms with E-state index in [-0.39, 0.29) is 17.1 Å². The molecule has 0 saturated heterocycles. The van der Waals surface area contributed by atoms with E-state index in [2.05, 4.69) is 5.32 Å². The van der Waals surface area contributed by atoms with Gasteiger partial charge in [0.2, 0.25) is 5.91 Å². The highest BCUT2D eigenvalue weighted by molar-refractivity contribution is 7.91. The third-order valence-corrected chi connectivity index (χ3v) is 5.04. The minimum atomic E-state index is -3.30. The van der Waals surface area contributed by atoms with E-state index in [1.54, 1.807) is 25.2 Å². The highest BCUT2D eigenvalue weighted by Crippen LogP contribution is 2.36. The van der Waals surface area contributed by atoms with E-state index in [1.165, 1.54) is 6.07 Å². The topological polar surface area (TPSA) is 89.3 Å². The fraction of sp³-hybridized carbons (Fsp3) is 0.364. The third-order valence-electron chi connectivity index (χ3n) is 3.28. The van der Waals surface area contributed by atoms with Crippen LogP contribution in [-0.4, -0.2) is 27.1 Å². The number of fused-ring (bicyclic) bond motifs is 1. The third kappa shape index (κ3) is 1.64. The highest BCUT2D eigenvalue weighted by atomic mass is 32.2. The van der Waals surface area contributed by atoms with Gasteiger partial charge in [0.1, 0.15) is 5.54 Å². The molecule has 0 saturated carbocycles. The summed E-state index contributed by atoms with van der Waals surface area (Å²) in [6.07, 6.45) is 0.165. The van der Waals surface area contributed by atoms with Gasteiger partial charge in [0.15, 0.2) is 9.84 Å². The van der Waals surface area contributed by atoms with Gasteiger partial charge >= 0.3 is 0 Å². The summed E-state index contributed by atoms with van der Waals surface area (Å²) in [5.74, 6) is -0.629. The number of carbonyl (C=O) groups excluding carboxylic acids is 1. The summed E-state index contributed by atoms with van der Waals surface area (Å²) in [5, 5.41) is 2.87. The number of rotatable bonds is 2. The van der Waals surface area contributed by atoms with Gasteiger partial charge in [-0.1, -0.05) is 18.2 Å². The lowest BCUT2D eigenvalue weighted by Crippen LogP contribution is -2.54. The Morgan fingerprint density at radius 2 is 2.06 bits per heavy atom. The lowest BCUT2D eigenvalue weighted by Gasteiger charge is -2.35. The molecule has 1 aromatic carbocycles. The molecule has 0 spiro atoms. The SMILES string of the molecule is CNC1(C(N)=O)CCS(=O)(=O)c2ccccc21. The standard InChI is InChI=1S/C11H14N2O3S/c1-13-11(10(12)14)6-7-17(15,16)9-5-3-2-4-8(9)11/h2-5,13H,6-7H2,1H3,(H2,12,14). The van der Waals surface area contributed by atoms with Crippen LogP contribution < -0.4 is 11.1 Å². The highest BCUT2D eigenvalue weighted by Gasteiger charge is 2.45. The molecule has 0 bridgehead atoms. The predicted molar refractivity (Wildman–Crippen MR) is 63.0 cm³/mol. The van der Waals surface area contributed by atoms with Crippen LogP contribution in [0.5, 0.6) is 0 Å². The lowest BCUT2D eigenvalue weighted by molar-refractivity contribution is -0.124. The molecule has 1 aliphatic rings. The Kier molecular flexibility index (Phi) is 2.71. The lowest BCUT2D eigenvalue weighted by atomic mass is 9.86. The molecule has 1 unspecified atom stereocenters. The summed E-state index contributed by atoms with van der Waals surface area (Å²) in [6.45, 7) is 0. The van der Waals surface area contributed by atoms with Crippen molar-refractivity contribution in [3.05, 3.63) is 29.8 Å². The van der Waals surface area contributed by atoms with Crippen molar-refractivity contribution in [2.24, 2.45) is 5.73 Å². The summed E-state index contributed by atoms with van der Waals surface area (Å²) >= 11 is 0. The molecule has 17 heavy (non-hydrogen) atoms. The Balaban J connectivity index is 2.75. The van der Waals surface area contributed by atoms with Crippen LogP contribution in [0, 0.1) is 0 Å². The number of primary amides is 1. The van der Waals surface area contributed by atoms with E-state index in [0.717, 1.165) is 0 Å². The molecule has 0 radical (unpaired) electrons. The number of sulfone groups is 1. The smallest absolute Gasteiger partial charge is 0.242 e. The van der Waals surface area contributed by atoms with Crippen molar-refractivity contribution in [2.45, 2.75) is 16.9 Å². The van der Waals surface area contributed by atoms with Crippen LogP contribution in [0.2, 0.25) is 0 Å². The molecule has 1 atom stereocenters. The molecule has 0 aliphatic carbocycles. The molecule has 0 fully saturated rings. The number of carbonyl (C=O) groups is 1. The summed E-state index contributed by atoms with van der Waals surface area (Å²) in [5.41, 5.74) is 4.78. The Bertz CT molecular complexity index is 568. The van der Waals surface area contributed by atoms with Gasteiger partial charge < -0.3 is 11.1 Å². The molecular formula is C11H14N2O3S. The molecule has 0 aromatic heterocycles. The van der Waals surface area contributed by atoms with Crippen LogP contribution in [-0.2, 0) is 20.2 Å². The van der Waals surface area contributed by atoms with Crippen molar-refractivity contribution in [1.82, 2.24) is 5.32 Å². The summed E-state index contributed by atoms with van der Waals surface area (Å²) < 4.78 is 23.8. The molecule has 6 heteroatoms. The predicted octanol–water partition coefficient (Wildman–Crippen LogP) is -0.236. The molecule has 92 valence electrons. The van der Waals surface area contributed by atoms with Gasteiger partial charge in [-0.05, 0) is 19.5 Å². The number of hydrogen-bond acceptors (Lipinski definition) is 4. The monoisotopic (exact) mass is 254 g/mol. The Hall–Kier alpha value is -1.40. The number of hydrogen-bond donors (Lipinski definition) is 2. The Morgan fingerprint density at radius 3 is 2.65 bits per heavy atom. The van der Waals surface area contributed by atoms with Gasteiger partial charge in [-0.2, -0.15) is 0 Å². The van der Waals surface area contributed by atoms with Crippen LogP contribution in [0.4, 0.5) is 0 Å². The normalized spacial score (nSPS) is 26.2. The van der Waals surface area contributed by atoms with E-state index in [9.17, 15) is 13.2 Å². The van der Waals surface area contributed by atoms with Crippen molar-refractivity contribution >= 4 is 15.7 Å². The average Bonchev–Trinajstić information content (AvgIpc) is 2.30. The Morgan fingerprint density at radius 1 is 1.41 bits per heavy atom.